The molecule has 13 heteroatoms. The third kappa shape index (κ3) is 6.25. The van der Waals surface area contributed by atoms with Crippen molar-refractivity contribution < 1.29 is 21.6 Å². The van der Waals surface area contributed by atoms with Crippen molar-refractivity contribution >= 4 is 31.9 Å². The summed E-state index contributed by atoms with van der Waals surface area (Å²) in [7, 11) is -4.14. The molecule has 2 heterocycles. The maximum atomic E-state index is 12.6. The highest BCUT2D eigenvalue weighted by Gasteiger charge is 2.27. The molecule has 1 saturated heterocycles. The Kier molecular flexibility index (Phi) is 8.00. The first kappa shape index (κ1) is 25.0. The van der Waals surface area contributed by atoms with Crippen LogP contribution in [0.1, 0.15) is 16.8 Å². The lowest BCUT2D eigenvalue weighted by Crippen LogP contribution is -2.49. The molecule has 1 aliphatic heterocycles. The molecule has 33 heavy (non-hydrogen) atoms. The van der Waals surface area contributed by atoms with Gasteiger partial charge in [-0.1, -0.05) is 0 Å². The minimum atomic E-state index is -3.57. The number of nitrogens with zero attached hydrogens (tertiary/aromatic N) is 5. The van der Waals surface area contributed by atoms with Crippen LogP contribution in [0.4, 0.5) is 5.95 Å². The highest BCUT2D eigenvalue weighted by atomic mass is 32.2. The van der Waals surface area contributed by atoms with Gasteiger partial charge in [-0.3, -0.25) is 4.79 Å². The summed E-state index contributed by atoms with van der Waals surface area (Å²) < 4.78 is 52.0. The van der Waals surface area contributed by atoms with Gasteiger partial charge in [0.1, 0.15) is 0 Å². The number of sulfonamides is 2. The molecule has 11 nitrogen and oxygen atoms in total. The number of carbonyl (C=O) groups excluding carboxylic acids is 1. The van der Waals surface area contributed by atoms with Crippen LogP contribution >= 0.6 is 0 Å². The van der Waals surface area contributed by atoms with Gasteiger partial charge in [-0.15, -0.1) is 0 Å². The monoisotopic (exact) mass is 496 g/mol. The Morgan fingerprint density at radius 2 is 1.61 bits per heavy atom. The maximum absolute atomic E-state index is 12.6. The minimum Gasteiger partial charge on any atom is -0.352 e. The average Bonchev–Trinajstić information content (AvgIpc) is 2.82. The van der Waals surface area contributed by atoms with Crippen molar-refractivity contribution in [2.45, 2.75) is 11.3 Å². The Bertz CT molecular complexity index is 1150. The Hall–Kier alpha value is -2.61. The van der Waals surface area contributed by atoms with Crippen LogP contribution < -0.4 is 10.2 Å². The number of hydrogen-bond acceptors (Lipinski definition) is 8. The number of rotatable bonds is 9. The van der Waals surface area contributed by atoms with Gasteiger partial charge in [0, 0.05) is 64.8 Å². The molecule has 0 aliphatic carbocycles. The summed E-state index contributed by atoms with van der Waals surface area (Å²) in [4.78, 5) is 22.7. The fraction of sp³-hybridized carbons (Fsp3) is 0.450. The van der Waals surface area contributed by atoms with Gasteiger partial charge in [0.05, 0.1) is 10.6 Å². The molecule has 0 spiro atoms. The molecule has 0 atom stereocenters. The molecule has 3 rings (SSSR count). The third-order valence-electron chi connectivity index (χ3n) is 5.23. The van der Waals surface area contributed by atoms with Crippen molar-refractivity contribution in [3.63, 3.8) is 0 Å². The smallest absolute Gasteiger partial charge is 0.251 e. The summed E-state index contributed by atoms with van der Waals surface area (Å²) in [6.45, 7) is 1.93. The van der Waals surface area contributed by atoms with Crippen LogP contribution in [0.5, 0.6) is 0 Å². The van der Waals surface area contributed by atoms with Crippen molar-refractivity contribution in [1.82, 2.24) is 23.9 Å². The van der Waals surface area contributed by atoms with E-state index < -0.39 is 26.0 Å². The lowest BCUT2D eigenvalue weighted by Gasteiger charge is -2.33. The SMILES string of the molecule is CN(C)S(=O)(=O)c1ccc(C(=O)NCCCS(=O)(=O)N2CCN(c3ncccn3)CC2)cc1. The maximum Gasteiger partial charge on any atom is 0.251 e. The number of amides is 1. The van der Waals surface area contributed by atoms with Crippen LogP contribution in [0.15, 0.2) is 47.6 Å². The standard InChI is InChI=1S/C20H28N6O5S2/c1-24(2)33(30,31)18-7-5-17(6-8-18)19(27)21-11-4-16-32(28,29)26-14-12-25(13-15-26)20-22-9-3-10-23-20/h3,5-10H,4,11-16H2,1-2H3,(H,21,27). The highest BCUT2D eigenvalue weighted by molar-refractivity contribution is 7.89. The Balaban J connectivity index is 1.44. The van der Waals surface area contributed by atoms with Crippen molar-refractivity contribution in [3.05, 3.63) is 48.3 Å². The van der Waals surface area contributed by atoms with E-state index in [1.165, 1.54) is 42.7 Å². The van der Waals surface area contributed by atoms with Gasteiger partial charge < -0.3 is 10.2 Å². The van der Waals surface area contributed by atoms with Crippen molar-refractivity contribution in [2.24, 2.45) is 0 Å². The average molecular weight is 497 g/mol. The fourth-order valence-corrected chi connectivity index (χ4v) is 5.69. The second-order valence-corrected chi connectivity index (χ2v) is 11.9. The van der Waals surface area contributed by atoms with E-state index in [2.05, 4.69) is 15.3 Å². The van der Waals surface area contributed by atoms with Gasteiger partial charge in [0.25, 0.3) is 5.91 Å². The van der Waals surface area contributed by atoms with Crippen molar-refractivity contribution in [3.8, 4) is 0 Å². The zero-order chi connectivity index (χ0) is 24.1. The van der Waals surface area contributed by atoms with Crippen molar-refractivity contribution in [2.75, 3.05) is 57.5 Å². The molecule has 180 valence electrons. The molecule has 0 bridgehead atoms. The summed E-state index contributed by atoms with van der Waals surface area (Å²) >= 11 is 0. The summed E-state index contributed by atoms with van der Waals surface area (Å²) in [6.07, 6.45) is 3.57. The van der Waals surface area contributed by atoms with E-state index in [9.17, 15) is 21.6 Å². The number of benzene rings is 1. The summed E-state index contributed by atoms with van der Waals surface area (Å²) in [5.74, 6) is 0.122. The van der Waals surface area contributed by atoms with E-state index in [0.717, 1.165) is 4.31 Å². The molecule has 0 saturated carbocycles. The summed E-state index contributed by atoms with van der Waals surface area (Å²) in [5.41, 5.74) is 0.301. The first-order valence-corrected chi connectivity index (χ1v) is 13.5. The van der Waals surface area contributed by atoms with Crippen LogP contribution in [-0.2, 0) is 20.0 Å². The van der Waals surface area contributed by atoms with Gasteiger partial charge in [0.2, 0.25) is 26.0 Å². The second-order valence-electron chi connectivity index (χ2n) is 7.67. The number of piperazine rings is 1. The van der Waals surface area contributed by atoms with E-state index in [1.807, 2.05) is 4.90 Å². The third-order valence-corrected chi connectivity index (χ3v) is 9.01. The molecule has 1 fully saturated rings. The topological polar surface area (TPSA) is 133 Å². The van der Waals surface area contributed by atoms with Crippen LogP contribution in [0.3, 0.4) is 0 Å². The van der Waals surface area contributed by atoms with Crippen LogP contribution in [0.2, 0.25) is 0 Å². The number of hydrogen-bond donors (Lipinski definition) is 1. The van der Waals surface area contributed by atoms with E-state index in [4.69, 9.17) is 0 Å². The van der Waals surface area contributed by atoms with Crippen LogP contribution in [0.25, 0.3) is 0 Å². The zero-order valence-electron chi connectivity index (χ0n) is 18.6. The predicted octanol–water partition coefficient (Wildman–Crippen LogP) is -0.00120. The Morgan fingerprint density at radius 1 is 1.00 bits per heavy atom. The van der Waals surface area contributed by atoms with Crippen LogP contribution in [-0.4, -0.2) is 93.9 Å². The fourth-order valence-electron chi connectivity index (χ4n) is 3.30. The predicted molar refractivity (Wildman–Crippen MR) is 124 cm³/mol. The van der Waals surface area contributed by atoms with Crippen LogP contribution in [0, 0.1) is 0 Å². The Morgan fingerprint density at radius 3 is 2.18 bits per heavy atom. The molecule has 1 aromatic carbocycles. The van der Waals surface area contributed by atoms with E-state index in [0.29, 0.717) is 37.7 Å². The molecule has 0 radical (unpaired) electrons. The normalized spacial score (nSPS) is 15.5. The zero-order valence-corrected chi connectivity index (χ0v) is 20.2. The quantitative estimate of drug-likeness (QED) is 0.480. The van der Waals surface area contributed by atoms with Gasteiger partial charge in [-0.05, 0) is 36.8 Å². The molecule has 2 aromatic rings. The number of nitrogens with one attached hydrogen (secondary N) is 1. The van der Waals surface area contributed by atoms with Gasteiger partial charge in [-0.2, -0.15) is 4.31 Å². The molecular weight excluding hydrogens is 468 g/mol. The highest BCUT2D eigenvalue weighted by Crippen LogP contribution is 2.15. The Labute approximate surface area is 194 Å². The first-order valence-electron chi connectivity index (χ1n) is 10.4. The van der Waals surface area contributed by atoms with Gasteiger partial charge in [0.15, 0.2) is 0 Å². The lowest BCUT2D eigenvalue weighted by atomic mass is 10.2. The van der Waals surface area contributed by atoms with E-state index >= 15 is 0 Å². The summed E-state index contributed by atoms with van der Waals surface area (Å²) in [6, 6.07) is 7.33. The molecular formula is C20H28N6O5S2. The van der Waals surface area contributed by atoms with E-state index in [-0.39, 0.29) is 23.6 Å². The molecule has 1 N–H and O–H groups in total. The molecule has 1 aliphatic rings. The molecule has 0 unspecified atom stereocenters. The van der Waals surface area contributed by atoms with Gasteiger partial charge >= 0.3 is 0 Å². The van der Waals surface area contributed by atoms with E-state index in [1.54, 1.807) is 18.5 Å². The number of anilines is 1. The first-order chi connectivity index (χ1) is 15.6. The largest absolute Gasteiger partial charge is 0.352 e. The minimum absolute atomic E-state index is 0.0743. The summed E-state index contributed by atoms with van der Waals surface area (Å²) in [5, 5.41) is 2.68. The molecule has 1 aromatic heterocycles. The molecule has 1 amide bonds. The second kappa shape index (κ2) is 10.5. The van der Waals surface area contributed by atoms with Gasteiger partial charge in [-0.25, -0.2) is 31.1 Å². The van der Waals surface area contributed by atoms with Crippen molar-refractivity contribution in [1.29, 1.82) is 0 Å². The lowest BCUT2D eigenvalue weighted by molar-refractivity contribution is 0.0953. The number of aromatic nitrogens is 2. The number of carbonyl (C=O) groups is 1.